The summed E-state index contributed by atoms with van der Waals surface area (Å²) in [6.45, 7) is 8.28. The van der Waals surface area contributed by atoms with Gasteiger partial charge in [0.05, 0.1) is 5.69 Å². The van der Waals surface area contributed by atoms with Crippen molar-refractivity contribution < 1.29 is 4.74 Å². The highest BCUT2D eigenvalue weighted by Crippen LogP contribution is 2.30. The Kier molecular flexibility index (Phi) is 5.13. The highest BCUT2D eigenvalue weighted by Gasteiger charge is 2.33. The van der Waals surface area contributed by atoms with E-state index in [1.807, 2.05) is 29.3 Å². The fourth-order valence-corrected chi connectivity index (χ4v) is 3.24. The van der Waals surface area contributed by atoms with Crippen molar-refractivity contribution in [1.82, 2.24) is 24.9 Å². The Morgan fingerprint density at radius 2 is 2.17 bits per heavy atom. The Balaban J connectivity index is 1.59. The Labute approximate surface area is 137 Å². The number of hydrogen-bond acceptors (Lipinski definition) is 4. The molecule has 0 aromatic carbocycles. The maximum absolute atomic E-state index is 6.01. The Hall–Kier alpha value is -1.66. The molecule has 2 aromatic rings. The molecule has 0 bridgehead atoms. The zero-order chi connectivity index (χ0) is 16.2. The molecule has 0 unspecified atom stereocenters. The molecule has 3 rings (SSSR count). The summed E-state index contributed by atoms with van der Waals surface area (Å²) in [5.74, 6) is 0. The molecule has 6 heteroatoms. The van der Waals surface area contributed by atoms with Crippen molar-refractivity contribution in [3.63, 3.8) is 0 Å². The number of nitrogens with one attached hydrogen (secondary N) is 1. The van der Waals surface area contributed by atoms with Crippen LogP contribution in [0.2, 0.25) is 0 Å². The quantitative estimate of drug-likeness (QED) is 0.853. The van der Waals surface area contributed by atoms with Crippen molar-refractivity contribution in [3.05, 3.63) is 36.4 Å². The van der Waals surface area contributed by atoms with Gasteiger partial charge in [0, 0.05) is 49.9 Å². The van der Waals surface area contributed by atoms with Crippen LogP contribution >= 0.6 is 0 Å². The lowest BCUT2D eigenvalue weighted by atomic mass is 10.1. The molecule has 0 radical (unpaired) electrons. The summed E-state index contributed by atoms with van der Waals surface area (Å²) in [5.41, 5.74) is 1.18. The van der Waals surface area contributed by atoms with Gasteiger partial charge in [-0.1, -0.05) is 0 Å². The molecule has 3 heterocycles. The molecule has 0 spiro atoms. The first-order chi connectivity index (χ1) is 11.1. The third kappa shape index (κ3) is 3.82. The molecule has 1 aliphatic rings. The van der Waals surface area contributed by atoms with Gasteiger partial charge < -0.3 is 10.1 Å². The van der Waals surface area contributed by atoms with Gasteiger partial charge in [-0.05, 0) is 45.7 Å². The van der Waals surface area contributed by atoms with Crippen LogP contribution in [0.15, 0.2) is 30.7 Å². The van der Waals surface area contributed by atoms with Crippen LogP contribution < -0.4 is 5.32 Å². The predicted octanol–water partition coefficient (Wildman–Crippen LogP) is 2.56. The summed E-state index contributed by atoms with van der Waals surface area (Å²) in [6.07, 6.45) is 7.89. The Morgan fingerprint density at radius 3 is 2.91 bits per heavy atom. The second kappa shape index (κ2) is 7.27. The Bertz CT molecular complexity index is 592. The van der Waals surface area contributed by atoms with Crippen molar-refractivity contribution >= 4 is 0 Å². The number of hydrogen-bond donors (Lipinski definition) is 1. The third-order valence-corrected chi connectivity index (χ3v) is 4.42. The van der Waals surface area contributed by atoms with E-state index in [-0.39, 0.29) is 6.10 Å². The van der Waals surface area contributed by atoms with E-state index in [1.165, 1.54) is 5.69 Å². The van der Waals surface area contributed by atoms with Crippen LogP contribution in [0.3, 0.4) is 0 Å². The fraction of sp³-hybridized carbons (Fsp3) is 0.647. The normalized spacial score (nSPS) is 22.8. The van der Waals surface area contributed by atoms with Gasteiger partial charge in [0.2, 0.25) is 0 Å². The van der Waals surface area contributed by atoms with Gasteiger partial charge in [-0.3, -0.25) is 9.36 Å². The van der Waals surface area contributed by atoms with E-state index in [0.717, 1.165) is 26.0 Å². The Morgan fingerprint density at radius 1 is 1.30 bits per heavy atom. The largest absolute Gasteiger partial charge is 0.370 e. The molecular weight excluding hydrogens is 290 g/mol. The third-order valence-electron chi connectivity index (χ3n) is 4.42. The number of ether oxygens (including phenoxy) is 1. The van der Waals surface area contributed by atoms with Gasteiger partial charge in [0.25, 0.3) is 0 Å². The van der Waals surface area contributed by atoms with Crippen molar-refractivity contribution in [2.24, 2.45) is 0 Å². The molecule has 1 fully saturated rings. The molecular formula is C17H27N5O. The molecule has 1 aliphatic heterocycles. The molecule has 0 saturated carbocycles. The van der Waals surface area contributed by atoms with Gasteiger partial charge in [-0.15, -0.1) is 0 Å². The molecule has 126 valence electrons. The molecule has 23 heavy (non-hydrogen) atoms. The SMILES string of the molecule is CC(C)n1nccc1[C@H]1OCC[C@@H]1N[C@@H](C)CCn1cccn1. The summed E-state index contributed by atoms with van der Waals surface area (Å²) in [5, 5.41) is 12.4. The van der Waals surface area contributed by atoms with Gasteiger partial charge >= 0.3 is 0 Å². The zero-order valence-electron chi connectivity index (χ0n) is 14.2. The van der Waals surface area contributed by atoms with Crippen LogP contribution in [0, 0.1) is 0 Å². The van der Waals surface area contributed by atoms with Crippen LogP contribution in [-0.2, 0) is 11.3 Å². The standard InChI is InChI=1S/C17H27N5O/c1-13(2)22-16(5-9-19-22)17-15(7-12-23-17)20-14(3)6-11-21-10-4-8-18-21/h4-5,8-10,13-15,17,20H,6-7,11-12H2,1-3H3/t14-,15-,17-/m0/s1. The molecule has 2 aromatic heterocycles. The van der Waals surface area contributed by atoms with Crippen molar-refractivity contribution in [1.29, 1.82) is 0 Å². The highest BCUT2D eigenvalue weighted by atomic mass is 16.5. The predicted molar refractivity (Wildman–Crippen MR) is 89.2 cm³/mol. The van der Waals surface area contributed by atoms with Gasteiger partial charge in [0.15, 0.2) is 0 Å². The van der Waals surface area contributed by atoms with Crippen LogP contribution in [-0.4, -0.2) is 38.3 Å². The van der Waals surface area contributed by atoms with Gasteiger partial charge in [0.1, 0.15) is 6.10 Å². The molecule has 6 nitrogen and oxygen atoms in total. The lowest BCUT2D eigenvalue weighted by molar-refractivity contribution is 0.0878. The number of aryl methyl sites for hydroxylation is 1. The first kappa shape index (κ1) is 16.2. The van der Waals surface area contributed by atoms with Crippen molar-refractivity contribution in [2.75, 3.05) is 6.61 Å². The highest BCUT2D eigenvalue weighted by molar-refractivity contribution is 5.10. The summed E-state index contributed by atoms with van der Waals surface area (Å²) in [7, 11) is 0. The average Bonchev–Trinajstić information content (AvgIpc) is 3.25. The van der Waals surface area contributed by atoms with Crippen LogP contribution in [0.4, 0.5) is 0 Å². The minimum absolute atomic E-state index is 0.0899. The number of nitrogens with zero attached hydrogens (tertiary/aromatic N) is 4. The molecule has 1 saturated heterocycles. The lowest BCUT2D eigenvalue weighted by Crippen LogP contribution is -2.39. The number of aromatic nitrogens is 4. The zero-order valence-corrected chi connectivity index (χ0v) is 14.2. The molecule has 0 amide bonds. The monoisotopic (exact) mass is 317 g/mol. The second-order valence-electron chi connectivity index (χ2n) is 6.61. The van der Waals surface area contributed by atoms with Crippen LogP contribution in [0.25, 0.3) is 0 Å². The van der Waals surface area contributed by atoms with E-state index in [9.17, 15) is 0 Å². The van der Waals surface area contributed by atoms with Gasteiger partial charge in [-0.2, -0.15) is 10.2 Å². The van der Waals surface area contributed by atoms with Crippen LogP contribution in [0.1, 0.15) is 51.5 Å². The number of rotatable bonds is 7. The topological polar surface area (TPSA) is 56.9 Å². The first-order valence-corrected chi connectivity index (χ1v) is 8.53. The maximum Gasteiger partial charge on any atom is 0.114 e. The smallest absolute Gasteiger partial charge is 0.114 e. The summed E-state index contributed by atoms with van der Waals surface area (Å²) in [4.78, 5) is 0. The summed E-state index contributed by atoms with van der Waals surface area (Å²) >= 11 is 0. The molecule has 0 aliphatic carbocycles. The average molecular weight is 317 g/mol. The molecule has 1 N–H and O–H groups in total. The van der Waals surface area contributed by atoms with Crippen molar-refractivity contribution in [3.8, 4) is 0 Å². The van der Waals surface area contributed by atoms with Gasteiger partial charge in [-0.25, -0.2) is 0 Å². The van der Waals surface area contributed by atoms with E-state index in [2.05, 4.69) is 47.0 Å². The van der Waals surface area contributed by atoms with E-state index < -0.39 is 0 Å². The second-order valence-corrected chi connectivity index (χ2v) is 6.61. The minimum atomic E-state index is 0.0899. The molecule has 3 atom stereocenters. The van der Waals surface area contributed by atoms with E-state index in [4.69, 9.17) is 4.74 Å². The maximum atomic E-state index is 6.01. The minimum Gasteiger partial charge on any atom is -0.370 e. The van der Waals surface area contributed by atoms with E-state index in [1.54, 1.807) is 0 Å². The fourth-order valence-electron chi connectivity index (χ4n) is 3.24. The van der Waals surface area contributed by atoms with Crippen LogP contribution in [0.5, 0.6) is 0 Å². The lowest BCUT2D eigenvalue weighted by Gasteiger charge is -2.25. The summed E-state index contributed by atoms with van der Waals surface area (Å²) in [6, 6.07) is 5.16. The summed E-state index contributed by atoms with van der Waals surface area (Å²) < 4.78 is 10.1. The van der Waals surface area contributed by atoms with Crippen molar-refractivity contribution in [2.45, 2.75) is 64.4 Å². The van der Waals surface area contributed by atoms with E-state index in [0.29, 0.717) is 18.1 Å². The van der Waals surface area contributed by atoms with E-state index >= 15 is 0 Å². The first-order valence-electron chi connectivity index (χ1n) is 8.53.